The molecule has 6 heteroatoms. The number of hydrogen-bond donors (Lipinski definition) is 1. The van der Waals surface area contributed by atoms with Crippen molar-refractivity contribution in [3.63, 3.8) is 0 Å². The van der Waals surface area contributed by atoms with Gasteiger partial charge >= 0.3 is 0 Å². The van der Waals surface area contributed by atoms with Gasteiger partial charge in [0.15, 0.2) is 0 Å². The summed E-state index contributed by atoms with van der Waals surface area (Å²) in [5.74, 6) is -0.133. The molecule has 0 amide bonds. The zero-order chi connectivity index (χ0) is 15.2. The maximum Gasteiger partial charge on any atom is 0.270 e. The van der Waals surface area contributed by atoms with Crippen LogP contribution in [-0.4, -0.2) is 22.5 Å². The second-order valence-corrected chi connectivity index (χ2v) is 6.53. The molecule has 0 aromatic heterocycles. The Morgan fingerprint density at radius 3 is 2.90 bits per heavy atom. The molecule has 1 fully saturated rings. The monoisotopic (exact) mass is 287 g/mol. The van der Waals surface area contributed by atoms with E-state index in [-0.39, 0.29) is 28.8 Å². The van der Waals surface area contributed by atoms with Gasteiger partial charge in [0, 0.05) is 24.1 Å². The number of nitro groups is 1. The summed E-state index contributed by atoms with van der Waals surface area (Å²) in [6.45, 7) is 4.16. The lowest BCUT2D eigenvalue weighted by atomic mass is 9.68. The molecule has 1 saturated carbocycles. The summed E-state index contributed by atoms with van der Waals surface area (Å²) in [6.07, 6.45) is 1.38. The number of hydrazone groups is 1. The number of benzene rings is 1. The van der Waals surface area contributed by atoms with E-state index in [4.69, 9.17) is 0 Å². The van der Waals surface area contributed by atoms with Crippen LogP contribution in [0, 0.1) is 21.4 Å². The lowest BCUT2D eigenvalue weighted by Crippen LogP contribution is -2.45. The fraction of sp³-hybridized carbons (Fsp3) is 0.467. The summed E-state index contributed by atoms with van der Waals surface area (Å²) in [7, 11) is 0. The van der Waals surface area contributed by atoms with E-state index in [1.807, 2.05) is 0 Å². The van der Waals surface area contributed by atoms with Crippen LogP contribution < -0.4 is 5.43 Å². The van der Waals surface area contributed by atoms with Gasteiger partial charge in [-0.05, 0) is 11.8 Å². The number of Topliss-reactive ketones (excluding diaryl/α,β-unsaturated/α-hetero) is 1. The van der Waals surface area contributed by atoms with E-state index in [1.165, 1.54) is 12.1 Å². The molecule has 1 aliphatic heterocycles. The molecule has 1 N–H and O–H groups in total. The summed E-state index contributed by atoms with van der Waals surface area (Å²) in [5.41, 5.74) is 4.31. The minimum atomic E-state index is -0.435. The number of nitro benzene ring substituents is 1. The predicted octanol–water partition coefficient (Wildman–Crippen LogP) is 2.28. The Morgan fingerprint density at radius 2 is 2.19 bits per heavy atom. The number of hydrogen-bond acceptors (Lipinski definition) is 5. The van der Waals surface area contributed by atoms with Crippen molar-refractivity contribution < 1.29 is 9.72 Å². The molecule has 0 saturated heterocycles. The highest BCUT2D eigenvalue weighted by atomic mass is 16.6. The first-order valence-electron chi connectivity index (χ1n) is 6.98. The number of non-ortho nitro benzene ring substituents is 1. The number of fused-ring (bicyclic) bond motifs is 1. The standard InChI is InChI=1S/C15H17N3O3/c1-15(2)7-11-13(12(19)8-15)14(17-16-11)9-4-3-5-10(6-9)18(20)21/h3-6,11,13,16H,7-8H2,1-2H3/t11-,13-/m0/s1. The number of carbonyl (C=O) groups excluding carboxylic acids is 1. The van der Waals surface area contributed by atoms with Gasteiger partial charge in [-0.15, -0.1) is 0 Å². The third-order valence-corrected chi connectivity index (χ3v) is 4.17. The Balaban J connectivity index is 1.93. The van der Waals surface area contributed by atoms with Crippen molar-refractivity contribution >= 4 is 17.2 Å². The van der Waals surface area contributed by atoms with Crippen LogP contribution in [0.4, 0.5) is 5.69 Å². The topological polar surface area (TPSA) is 84.6 Å². The van der Waals surface area contributed by atoms with Gasteiger partial charge in [0.1, 0.15) is 5.78 Å². The molecule has 2 aliphatic rings. The van der Waals surface area contributed by atoms with Gasteiger partial charge in [0.05, 0.1) is 22.6 Å². The average molecular weight is 287 g/mol. The Labute approximate surface area is 122 Å². The van der Waals surface area contributed by atoms with Gasteiger partial charge in [-0.2, -0.15) is 5.10 Å². The quantitative estimate of drug-likeness (QED) is 0.668. The van der Waals surface area contributed by atoms with Crippen molar-refractivity contribution in [1.29, 1.82) is 0 Å². The maximum atomic E-state index is 12.4. The largest absolute Gasteiger partial charge is 0.306 e. The molecule has 3 rings (SSSR count). The first-order valence-corrected chi connectivity index (χ1v) is 6.98. The summed E-state index contributed by atoms with van der Waals surface area (Å²) in [4.78, 5) is 22.9. The molecule has 1 aromatic rings. The van der Waals surface area contributed by atoms with Gasteiger partial charge in [-0.25, -0.2) is 0 Å². The molecule has 6 nitrogen and oxygen atoms in total. The molecule has 21 heavy (non-hydrogen) atoms. The summed E-state index contributed by atoms with van der Waals surface area (Å²) < 4.78 is 0. The Morgan fingerprint density at radius 1 is 1.43 bits per heavy atom. The van der Waals surface area contributed by atoms with Crippen molar-refractivity contribution in [2.75, 3.05) is 0 Å². The molecule has 110 valence electrons. The molecule has 2 atom stereocenters. The van der Waals surface area contributed by atoms with E-state index in [9.17, 15) is 14.9 Å². The lowest BCUT2D eigenvalue weighted by Gasteiger charge is -2.36. The molecule has 0 radical (unpaired) electrons. The normalized spacial score (nSPS) is 26.8. The zero-order valence-electron chi connectivity index (χ0n) is 12.0. The summed E-state index contributed by atoms with van der Waals surface area (Å²) in [6, 6.07) is 6.31. The zero-order valence-corrected chi connectivity index (χ0v) is 12.0. The Kier molecular flexibility index (Phi) is 3.04. The van der Waals surface area contributed by atoms with Crippen LogP contribution in [0.1, 0.15) is 32.3 Å². The molecule has 1 aliphatic carbocycles. The predicted molar refractivity (Wildman–Crippen MR) is 78.1 cm³/mol. The van der Waals surface area contributed by atoms with Gasteiger partial charge in [-0.1, -0.05) is 26.0 Å². The highest BCUT2D eigenvalue weighted by Gasteiger charge is 2.46. The van der Waals surface area contributed by atoms with Crippen molar-refractivity contribution in [2.24, 2.45) is 16.4 Å². The molecular formula is C15H17N3O3. The van der Waals surface area contributed by atoms with Crippen LogP contribution in [0.5, 0.6) is 0 Å². The number of nitrogens with zero attached hydrogens (tertiary/aromatic N) is 2. The van der Waals surface area contributed by atoms with Crippen LogP contribution in [0.3, 0.4) is 0 Å². The lowest BCUT2D eigenvalue weighted by molar-refractivity contribution is -0.384. The van der Waals surface area contributed by atoms with Crippen LogP contribution in [-0.2, 0) is 4.79 Å². The van der Waals surface area contributed by atoms with Crippen LogP contribution >= 0.6 is 0 Å². The summed E-state index contributed by atoms with van der Waals surface area (Å²) >= 11 is 0. The average Bonchev–Trinajstić information content (AvgIpc) is 2.81. The SMILES string of the molecule is CC1(C)CC(=O)[C@H]2C(c3cccc([N+](=O)[O-])c3)=NN[C@H]2C1. The molecule has 0 spiro atoms. The number of rotatable bonds is 2. The summed E-state index contributed by atoms with van der Waals surface area (Å²) in [5, 5.41) is 15.2. The minimum absolute atomic E-state index is 0.00416. The molecule has 1 aromatic carbocycles. The number of carbonyl (C=O) groups is 1. The second kappa shape index (κ2) is 4.65. The van der Waals surface area contributed by atoms with Crippen LogP contribution in [0.25, 0.3) is 0 Å². The van der Waals surface area contributed by atoms with Crippen LogP contribution in [0.15, 0.2) is 29.4 Å². The first kappa shape index (κ1) is 13.7. The van der Waals surface area contributed by atoms with Crippen molar-refractivity contribution in [1.82, 2.24) is 5.43 Å². The van der Waals surface area contributed by atoms with Gasteiger partial charge < -0.3 is 5.43 Å². The smallest absolute Gasteiger partial charge is 0.270 e. The highest BCUT2D eigenvalue weighted by Crippen LogP contribution is 2.39. The van der Waals surface area contributed by atoms with Gasteiger partial charge in [0.25, 0.3) is 5.69 Å². The van der Waals surface area contributed by atoms with E-state index >= 15 is 0 Å². The second-order valence-electron chi connectivity index (χ2n) is 6.53. The minimum Gasteiger partial charge on any atom is -0.306 e. The van der Waals surface area contributed by atoms with Crippen molar-refractivity contribution in [2.45, 2.75) is 32.7 Å². The highest BCUT2D eigenvalue weighted by molar-refractivity contribution is 6.15. The molecule has 0 bridgehead atoms. The fourth-order valence-corrected chi connectivity index (χ4v) is 3.30. The molecule has 1 heterocycles. The third kappa shape index (κ3) is 2.41. The van der Waals surface area contributed by atoms with E-state index in [0.29, 0.717) is 17.7 Å². The number of ketones is 1. The Bertz CT molecular complexity index is 651. The van der Waals surface area contributed by atoms with Crippen molar-refractivity contribution in [3.05, 3.63) is 39.9 Å². The van der Waals surface area contributed by atoms with Crippen molar-refractivity contribution in [3.8, 4) is 0 Å². The van der Waals surface area contributed by atoms with E-state index in [0.717, 1.165) is 6.42 Å². The Hall–Kier alpha value is -2.24. The van der Waals surface area contributed by atoms with Gasteiger partial charge in [-0.3, -0.25) is 14.9 Å². The molecular weight excluding hydrogens is 270 g/mol. The van der Waals surface area contributed by atoms with E-state index in [1.54, 1.807) is 12.1 Å². The van der Waals surface area contributed by atoms with E-state index in [2.05, 4.69) is 24.4 Å². The molecule has 0 unspecified atom stereocenters. The number of nitrogens with one attached hydrogen (secondary N) is 1. The fourth-order valence-electron chi connectivity index (χ4n) is 3.30. The van der Waals surface area contributed by atoms with Crippen LogP contribution in [0.2, 0.25) is 0 Å². The third-order valence-electron chi connectivity index (χ3n) is 4.17. The maximum absolute atomic E-state index is 12.4. The first-order chi connectivity index (χ1) is 9.87. The van der Waals surface area contributed by atoms with Gasteiger partial charge in [0.2, 0.25) is 0 Å². The van der Waals surface area contributed by atoms with E-state index < -0.39 is 4.92 Å².